The number of nitrogens with two attached hydrogens (primary N) is 2. The van der Waals surface area contributed by atoms with Crippen molar-refractivity contribution in [2.75, 3.05) is 20.1 Å². The largest absolute Gasteiger partial charge is 0.386 e. The molecule has 1 aliphatic heterocycles. The molecule has 3 nitrogen and oxygen atoms in total. The van der Waals surface area contributed by atoms with Crippen LogP contribution in [0.5, 0.6) is 0 Å². The molecule has 4 N–H and O–H groups in total. The number of nitrogens with zero attached hydrogens (tertiary/aromatic N) is 1. The van der Waals surface area contributed by atoms with Crippen molar-refractivity contribution in [1.29, 1.82) is 0 Å². The summed E-state index contributed by atoms with van der Waals surface area (Å²) in [6, 6.07) is 0. The van der Waals surface area contributed by atoms with E-state index in [9.17, 15) is 0 Å². The summed E-state index contributed by atoms with van der Waals surface area (Å²) in [6.07, 6.45) is 3.26. The lowest BCUT2D eigenvalue weighted by molar-refractivity contribution is 0.405. The van der Waals surface area contributed by atoms with Gasteiger partial charge in [0.25, 0.3) is 0 Å². The lowest BCUT2D eigenvalue weighted by Crippen LogP contribution is -2.24. The molecule has 1 rings (SSSR count). The second-order valence-electron chi connectivity index (χ2n) is 3.05. The van der Waals surface area contributed by atoms with Crippen molar-refractivity contribution >= 4 is 0 Å². The molecule has 0 spiro atoms. The Bertz CT molecular complexity index is 143. The van der Waals surface area contributed by atoms with Gasteiger partial charge in [0, 0.05) is 13.1 Å². The van der Waals surface area contributed by atoms with E-state index in [0.717, 1.165) is 24.8 Å². The monoisotopic (exact) mass is 201 g/mol. The van der Waals surface area contributed by atoms with Crippen LogP contribution < -0.4 is 11.5 Å². The zero-order valence-corrected chi connectivity index (χ0v) is 10.4. The molecule has 1 unspecified atom stereocenters. The number of likely N-dealkylation sites (tertiary alicyclic amines) is 1. The average Bonchev–Trinajstić information content (AvgIpc) is 2.69. The summed E-state index contributed by atoms with van der Waals surface area (Å²) in [5, 5.41) is 0. The third-order valence-electron chi connectivity index (χ3n) is 2.08. The zero-order valence-electron chi connectivity index (χ0n) is 10.4. The molecule has 0 aromatic heterocycles. The quantitative estimate of drug-likeness (QED) is 0.679. The molecule has 3 heteroatoms. The first kappa shape index (κ1) is 15.8. The molecule has 0 saturated carbocycles. The van der Waals surface area contributed by atoms with Gasteiger partial charge in [-0.25, -0.2) is 0 Å². The average molecular weight is 201 g/mol. The molecule has 1 atom stereocenters. The van der Waals surface area contributed by atoms with Crippen LogP contribution in [0, 0.1) is 5.92 Å². The number of hydrogen-bond acceptors (Lipinski definition) is 3. The molecule has 86 valence electrons. The minimum Gasteiger partial charge on any atom is -0.386 e. The highest BCUT2D eigenvalue weighted by atomic mass is 15.2. The Morgan fingerprint density at radius 1 is 1.36 bits per heavy atom. The first-order valence-corrected chi connectivity index (χ1v) is 5.48. The van der Waals surface area contributed by atoms with Gasteiger partial charge < -0.3 is 16.4 Å². The van der Waals surface area contributed by atoms with Crippen LogP contribution in [-0.4, -0.2) is 25.0 Å². The van der Waals surface area contributed by atoms with Crippen molar-refractivity contribution in [3.05, 3.63) is 11.9 Å². The lowest BCUT2D eigenvalue weighted by atomic mass is 10.2. The maximum Gasteiger partial charge on any atom is 0.0942 e. The Morgan fingerprint density at radius 2 is 1.86 bits per heavy atom. The third kappa shape index (κ3) is 5.86. The summed E-state index contributed by atoms with van der Waals surface area (Å²) in [7, 11) is 1.50. The summed E-state index contributed by atoms with van der Waals surface area (Å²) in [6.45, 7) is 10.5. The third-order valence-corrected chi connectivity index (χ3v) is 2.08. The smallest absolute Gasteiger partial charge is 0.0942 e. The van der Waals surface area contributed by atoms with Crippen molar-refractivity contribution in [2.45, 2.75) is 34.1 Å². The summed E-state index contributed by atoms with van der Waals surface area (Å²) >= 11 is 0. The highest BCUT2D eigenvalue weighted by Crippen LogP contribution is 2.16. The van der Waals surface area contributed by atoms with Crippen molar-refractivity contribution in [3.63, 3.8) is 0 Å². The van der Waals surface area contributed by atoms with E-state index in [1.54, 1.807) is 0 Å². The number of allylic oxidation sites excluding steroid dienone is 1. The van der Waals surface area contributed by atoms with E-state index < -0.39 is 0 Å². The van der Waals surface area contributed by atoms with Gasteiger partial charge in [0.1, 0.15) is 0 Å². The van der Waals surface area contributed by atoms with Gasteiger partial charge in [-0.3, -0.25) is 0 Å². The Balaban J connectivity index is 0. The Hall–Kier alpha value is -0.700. The standard InChI is InChI=1S/C8H16N2.C2H6.CH5N/c1-3-8(9)10-5-4-7(2)6-10;2*1-2/h3,7H,4-6,9H2,1-2H3;1-2H3;2H2,1H3/b8-3+;;. The molecule has 0 amide bonds. The molecule has 0 aliphatic carbocycles. The van der Waals surface area contributed by atoms with E-state index in [2.05, 4.69) is 17.6 Å². The zero-order chi connectivity index (χ0) is 11.6. The van der Waals surface area contributed by atoms with Gasteiger partial charge in [-0.05, 0) is 32.4 Å². The van der Waals surface area contributed by atoms with Crippen LogP contribution in [0.2, 0.25) is 0 Å². The predicted molar refractivity (Wildman–Crippen MR) is 64.8 cm³/mol. The summed E-state index contributed by atoms with van der Waals surface area (Å²) in [5.74, 6) is 1.75. The van der Waals surface area contributed by atoms with Gasteiger partial charge in [-0.2, -0.15) is 0 Å². The SMILES string of the molecule is C/C=C(\N)N1CCC(C)C1.CC.CN. The van der Waals surface area contributed by atoms with Crippen LogP contribution in [0.25, 0.3) is 0 Å². The molecular weight excluding hydrogens is 174 g/mol. The van der Waals surface area contributed by atoms with Crippen molar-refractivity contribution < 1.29 is 0 Å². The minimum atomic E-state index is 0.818. The first-order valence-electron chi connectivity index (χ1n) is 5.48. The summed E-state index contributed by atoms with van der Waals surface area (Å²) in [4.78, 5) is 2.24. The highest BCUT2D eigenvalue weighted by Gasteiger charge is 2.18. The molecule has 0 aromatic rings. The first-order chi connectivity index (χ1) is 6.74. The molecule has 1 heterocycles. The van der Waals surface area contributed by atoms with Crippen LogP contribution in [0.15, 0.2) is 11.9 Å². The van der Waals surface area contributed by atoms with Crippen molar-refractivity contribution in [3.8, 4) is 0 Å². The minimum absolute atomic E-state index is 0.818. The molecule has 14 heavy (non-hydrogen) atoms. The van der Waals surface area contributed by atoms with E-state index in [0.29, 0.717) is 0 Å². The lowest BCUT2D eigenvalue weighted by Gasteiger charge is -2.17. The Kier molecular flexibility index (Phi) is 11.7. The predicted octanol–water partition coefficient (Wildman–Crippen LogP) is 1.75. The fourth-order valence-corrected chi connectivity index (χ4v) is 1.35. The van der Waals surface area contributed by atoms with Gasteiger partial charge >= 0.3 is 0 Å². The Labute approximate surface area is 89.1 Å². The molecular formula is C11H27N3. The second kappa shape index (κ2) is 10.4. The number of rotatable bonds is 1. The van der Waals surface area contributed by atoms with Gasteiger partial charge in [-0.15, -0.1) is 0 Å². The Morgan fingerprint density at radius 3 is 2.14 bits per heavy atom. The van der Waals surface area contributed by atoms with Crippen LogP contribution in [0.3, 0.4) is 0 Å². The highest BCUT2D eigenvalue weighted by molar-refractivity contribution is 4.96. The van der Waals surface area contributed by atoms with Gasteiger partial charge in [-0.1, -0.05) is 20.8 Å². The normalized spacial score (nSPS) is 20.6. The maximum atomic E-state index is 5.73. The molecule has 1 aliphatic rings. The van der Waals surface area contributed by atoms with E-state index in [-0.39, 0.29) is 0 Å². The second-order valence-corrected chi connectivity index (χ2v) is 3.05. The van der Waals surface area contributed by atoms with Crippen molar-refractivity contribution in [1.82, 2.24) is 4.90 Å². The molecule has 1 fully saturated rings. The van der Waals surface area contributed by atoms with Gasteiger partial charge in [0.05, 0.1) is 5.82 Å². The van der Waals surface area contributed by atoms with Gasteiger partial charge in [0.2, 0.25) is 0 Å². The van der Waals surface area contributed by atoms with Crippen LogP contribution in [0.4, 0.5) is 0 Å². The fourth-order valence-electron chi connectivity index (χ4n) is 1.35. The summed E-state index contributed by atoms with van der Waals surface area (Å²) < 4.78 is 0. The van der Waals surface area contributed by atoms with Crippen LogP contribution >= 0.6 is 0 Å². The van der Waals surface area contributed by atoms with E-state index in [1.807, 2.05) is 26.8 Å². The van der Waals surface area contributed by atoms with Crippen molar-refractivity contribution in [2.24, 2.45) is 17.4 Å². The molecule has 0 aromatic carbocycles. The topological polar surface area (TPSA) is 55.3 Å². The number of hydrogen-bond donors (Lipinski definition) is 2. The molecule has 0 radical (unpaired) electrons. The van der Waals surface area contributed by atoms with Gasteiger partial charge in [0.15, 0.2) is 0 Å². The molecule has 1 saturated heterocycles. The molecule has 0 bridgehead atoms. The van der Waals surface area contributed by atoms with E-state index >= 15 is 0 Å². The fraction of sp³-hybridized carbons (Fsp3) is 0.818. The maximum absolute atomic E-state index is 5.73. The van der Waals surface area contributed by atoms with E-state index in [4.69, 9.17) is 5.73 Å². The van der Waals surface area contributed by atoms with Crippen LogP contribution in [-0.2, 0) is 0 Å². The summed E-state index contributed by atoms with van der Waals surface area (Å²) in [5.41, 5.74) is 10.2. The van der Waals surface area contributed by atoms with E-state index in [1.165, 1.54) is 13.5 Å². The van der Waals surface area contributed by atoms with Crippen LogP contribution in [0.1, 0.15) is 34.1 Å².